The summed E-state index contributed by atoms with van der Waals surface area (Å²) in [5.41, 5.74) is 1.47. The van der Waals surface area contributed by atoms with Gasteiger partial charge in [0.05, 0.1) is 4.90 Å². The van der Waals surface area contributed by atoms with Crippen molar-refractivity contribution >= 4 is 21.6 Å². The summed E-state index contributed by atoms with van der Waals surface area (Å²) in [6, 6.07) is 7.95. The van der Waals surface area contributed by atoms with Crippen molar-refractivity contribution in [2.75, 3.05) is 18.9 Å². The zero-order valence-electron chi connectivity index (χ0n) is 15.2. The molecular formula is C18H22F2N3O3S+. The lowest BCUT2D eigenvalue weighted by Gasteiger charge is -2.13. The first kappa shape index (κ1) is 20.9. The third-order valence-electron chi connectivity index (χ3n) is 4.16. The van der Waals surface area contributed by atoms with E-state index in [4.69, 9.17) is 0 Å². The highest BCUT2D eigenvalue weighted by atomic mass is 32.2. The van der Waals surface area contributed by atoms with Gasteiger partial charge in [-0.25, -0.2) is 21.9 Å². The number of benzene rings is 2. The Hall–Kier alpha value is -2.36. The SMILES string of the molecule is CNS(=O)(=O)c1cc(NC(=O)C[NH2+][C@@H](C)c2ccc(F)c(F)c2)ccc1C. The Morgan fingerprint density at radius 1 is 1.15 bits per heavy atom. The predicted octanol–water partition coefficient (Wildman–Crippen LogP) is 1.44. The number of halogens is 2. The molecule has 0 radical (unpaired) electrons. The maximum Gasteiger partial charge on any atom is 0.279 e. The van der Waals surface area contributed by atoms with Crippen molar-refractivity contribution in [3.05, 3.63) is 59.2 Å². The largest absolute Gasteiger partial charge is 0.333 e. The van der Waals surface area contributed by atoms with E-state index in [1.54, 1.807) is 31.3 Å². The molecule has 0 aliphatic carbocycles. The Morgan fingerprint density at radius 3 is 2.48 bits per heavy atom. The third kappa shape index (κ3) is 5.31. The molecule has 0 heterocycles. The zero-order valence-corrected chi connectivity index (χ0v) is 16.0. The van der Waals surface area contributed by atoms with Crippen molar-refractivity contribution in [2.45, 2.75) is 24.8 Å². The molecule has 2 aromatic carbocycles. The van der Waals surface area contributed by atoms with Gasteiger partial charge in [0, 0.05) is 11.3 Å². The fourth-order valence-corrected chi connectivity index (χ4v) is 3.50. The summed E-state index contributed by atoms with van der Waals surface area (Å²) >= 11 is 0. The molecule has 0 aliphatic heterocycles. The maximum atomic E-state index is 13.3. The minimum absolute atomic E-state index is 0.0299. The molecule has 0 saturated heterocycles. The van der Waals surface area contributed by atoms with Crippen LogP contribution in [0.5, 0.6) is 0 Å². The fourth-order valence-electron chi connectivity index (χ4n) is 2.50. The molecule has 0 fully saturated rings. The van der Waals surface area contributed by atoms with Crippen LogP contribution in [-0.4, -0.2) is 27.9 Å². The van der Waals surface area contributed by atoms with Crippen LogP contribution in [0.15, 0.2) is 41.3 Å². The number of rotatable bonds is 7. The number of nitrogens with one attached hydrogen (secondary N) is 2. The second-order valence-corrected chi connectivity index (χ2v) is 7.99. The van der Waals surface area contributed by atoms with Gasteiger partial charge in [0.25, 0.3) is 5.91 Å². The van der Waals surface area contributed by atoms with Crippen LogP contribution in [-0.2, 0) is 14.8 Å². The number of hydrogen-bond acceptors (Lipinski definition) is 3. The van der Waals surface area contributed by atoms with Gasteiger partial charge in [-0.3, -0.25) is 4.79 Å². The Morgan fingerprint density at radius 2 is 1.85 bits per heavy atom. The number of carbonyl (C=O) groups excluding carboxylic acids is 1. The highest BCUT2D eigenvalue weighted by Crippen LogP contribution is 2.20. The summed E-state index contributed by atoms with van der Waals surface area (Å²) in [4.78, 5) is 12.2. The highest BCUT2D eigenvalue weighted by molar-refractivity contribution is 7.89. The summed E-state index contributed by atoms with van der Waals surface area (Å²) in [5.74, 6) is -2.20. The van der Waals surface area contributed by atoms with Gasteiger partial charge in [0.15, 0.2) is 18.2 Å². The van der Waals surface area contributed by atoms with Crippen molar-refractivity contribution in [1.29, 1.82) is 0 Å². The van der Waals surface area contributed by atoms with Crippen molar-refractivity contribution in [3.63, 3.8) is 0 Å². The molecule has 9 heteroatoms. The topological polar surface area (TPSA) is 91.9 Å². The first-order chi connectivity index (χ1) is 12.6. The molecule has 0 spiro atoms. The van der Waals surface area contributed by atoms with E-state index in [1.807, 2.05) is 0 Å². The fraction of sp³-hybridized carbons (Fsp3) is 0.278. The van der Waals surface area contributed by atoms with Gasteiger partial charge in [0.1, 0.15) is 6.04 Å². The molecule has 0 bridgehead atoms. The molecule has 0 aliphatic rings. The first-order valence-corrected chi connectivity index (χ1v) is 9.74. The third-order valence-corrected chi connectivity index (χ3v) is 5.71. The van der Waals surface area contributed by atoms with Gasteiger partial charge in [-0.2, -0.15) is 0 Å². The van der Waals surface area contributed by atoms with Gasteiger partial charge >= 0.3 is 0 Å². The van der Waals surface area contributed by atoms with E-state index in [0.29, 0.717) is 16.8 Å². The second-order valence-electron chi connectivity index (χ2n) is 6.14. The zero-order chi connectivity index (χ0) is 20.2. The summed E-state index contributed by atoms with van der Waals surface area (Å²) in [5, 5.41) is 4.30. The molecule has 2 aromatic rings. The Labute approximate surface area is 157 Å². The number of aryl methyl sites for hydroxylation is 1. The van der Waals surface area contributed by atoms with Crippen LogP contribution in [0.4, 0.5) is 14.5 Å². The van der Waals surface area contributed by atoms with E-state index >= 15 is 0 Å². The normalized spacial score (nSPS) is 12.6. The number of nitrogens with two attached hydrogens (primary N) is 1. The molecule has 6 nitrogen and oxygen atoms in total. The summed E-state index contributed by atoms with van der Waals surface area (Å²) < 4.78 is 52.5. The first-order valence-electron chi connectivity index (χ1n) is 8.26. The van der Waals surface area contributed by atoms with Gasteiger partial charge < -0.3 is 10.6 Å². The number of amides is 1. The smallest absolute Gasteiger partial charge is 0.279 e. The minimum Gasteiger partial charge on any atom is -0.333 e. The van der Waals surface area contributed by atoms with Crippen LogP contribution in [0, 0.1) is 18.6 Å². The molecule has 2 rings (SSSR count). The Bertz CT molecular complexity index is 949. The van der Waals surface area contributed by atoms with Crippen molar-refractivity contribution in [1.82, 2.24) is 4.72 Å². The average Bonchev–Trinajstić information content (AvgIpc) is 2.63. The van der Waals surface area contributed by atoms with Gasteiger partial charge in [-0.15, -0.1) is 0 Å². The molecule has 146 valence electrons. The molecule has 0 saturated carbocycles. The van der Waals surface area contributed by atoms with Crippen LogP contribution in [0.1, 0.15) is 24.1 Å². The molecule has 4 N–H and O–H groups in total. The van der Waals surface area contributed by atoms with Crippen LogP contribution in [0.2, 0.25) is 0 Å². The molecule has 0 unspecified atom stereocenters. The van der Waals surface area contributed by atoms with E-state index in [1.165, 1.54) is 19.2 Å². The number of sulfonamides is 1. The minimum atomic E-state index is -3.63. The molecule has 0 aromatic heterocycles. The van der Waals surface area contributed by atoms with Gasteiger partial charge in [-0.05, 0) is 56.8 Å². The second kappa shape index (κ2) is 8.55. The van der Waals surface area contributed by atoms with Crippen LogP contribution < -0.4 is 15.4 Å². The van der Waals surface area contributed by atoms with E-state index < -0.39 is 21.7 Å². The summed E-state index contributed by atoms with van der Waals surface area (Å²) in [7, 11) is -2.32. The average molecular weight is 398 g/mol. The van der Waals surface area contributed by atoms with Crippen molar-refractivity contribution in [3.8, 4) is 0 Å². The van der Waals surface area contributed by atoms with Crippen molar-refractivity contribution in [2.24, 2.45) is 0 Å². The molecule has 1 amide bonds. The van der Waals surface area contributed by atoms with Crippen LogP contribution >= 0.6 is 0 Å². The van der Waals surface area contributed by atoms with Crippen molar-refractivity contribution < 1.29 is 27.3 Å². The maximum absolute atomic E-state index is 13.3. The van der Waals surface area contributed by atoms with E-state index in [9.17, 15) is 22.0 Å². The lowest BCUT2D eigenvalue weighted by atomic mass is 10.1. The number of quaternary nitrogens is 1. The summed E-state index contributed by atoms with van der Waals surface area (Å²) in [6.07, 6.45) is 0. The number of anilines is 1. The molecule has 27 heavy (non-hydrogen) atoms. The highest BCUT2D eigenvalue weighted by Gasteiger charge is 2.17. The summed E-state index contributed by atoms with van der Waals surface area (Å²) in [6.45, 7) is 3.46. The van der Waals surface area contributed by atoms with E-state index in [2.05, 4.69) is 10.0 Å². The predicted molar refractivity (Wildman–Crippen MR) is 97.6 cm³/mol. The number of hydrogen-bond donors (Lipinski definition) is 3. The van der Waals surface area contributed by atoms with E-state index in [-0.39, 0.29) is 23.4 Å². The standard InChI is InChI=1S/C18H21F2N3O3S/c1-11-4-6-14(9-17(11)27(25,26)21-3)23-18(24)10-22-12(2)13-5-7-15(19)16(20)8-13/h4-9,12,21-22H,10H2,1-3H3,(H,23,24)/p+1/t12-/m0/s1. The Kier molecular flexibility index (Phi) is 6.63. The lowest BCUT2D eigenvalue weighted by Crippen LogP contribution is -2.86. The van der Waals surface area contributed by atoms with Gasteiger partial charge in [0.2, 0.25) is 10.0 Å². The molecular weight excluding hydrogens is 376 g/mol. The van der Waals surface area contributed by atoms with Gasteiger partial charge in [-0.1, -0.05) is 6.07 Å². The quantitative estimate of drug-likeness (QED) is 0.659. The van der Waals surface area contributed by atoms with E-state index in [0.717, 1.165) is 12.1 Å². The van der Waals surface area contributed by atoms with Crippen LogP contribution in [0.25, 0.3) is 0 Å². The van der Waals surface area contributed by atoms with Crippen LogP contribution in [0.3, 0.4) is 0 Å². The lowest BCUT2D eigenvalue weighted by molar-refractivity contribution is -0.682. The Balaban J connectivity index is 2.01. The number of carbonyl (C=O) groups is 1. The monoisotopic (exact) mass is 398 g/mol. The molecule has 1 atom stereocenters.